The third-order valence-corrected chi connectivity index (χ3v) is 12.2. The third-order valence-electron chi connectivity index (χ3n) is 12.2. The normalized spacial score (nSPS) is 19.8. The number of nitrogens with two attached hydrogens (primary N) is 1. The number of rotatable bonds is 14. The van der Waals surface area contributed by atoms with Crippen molar-refractivity contribution in [2.75, 3.05) is 10.6 Å². The van der Waals surface area contributed by atoms with Crippen LogP contribution in [0.25, 0.3) is 0 Å². The van der Waals surface area contributed by atoms with Gasteiger partial charge >= 0.3 is 18.1 Å². The van der Waals surface area contributed by atoms with Crippen molar-refractivity contribution in [2.24, 2.45) is 16.7 Å². The SMILES string of the molecule is Cc1cccc(OC2CCC(Cc3cccc(Nc4ccn[nH]4)n3)(C(=O)NN)CC2)c1F.Cc1cccc(OC2CCC(Cc3cccc(Nc4ccn[nH]4)n3)(C(=O)O)CC2)c1F.O=C(O)C(F)(F)F. The van der Waals surface area contributed by atoms with Gasteiger partial charge in [-0.3, -0.25) is 25.2 Å². The Morgan fingerprint density at radius 1 is 0.671 bits per heavy atom. The summed E-state index contributed by atoms with van der Waals surface area (Å²) in [7, 11) is 0. The molecule has 2 aromatic carbocycles. The molecule has 70 heavy (non-hydrogen) atoms. The minimum Gasteiger partial charge on any atom is -0.487 e. The monoisotopic (exact) mass is 976 g/mol. The van der Waals surface area contributed by atoms with Crippen molar-refractivity contribution in [3.8, 4) is 11.5 Å². The topological polar surface area (TPSA) is 255 Å². The van der Waals surface area contributed by atoms with E-state index in [-0.39, 0.29) is 41.2 Å². The molecular weight excluding hydrogens is 924 g/mol. The van der Waals surface area contributed by atoms with Gasteiger partial charge in [0.15, 0.2) is 23.1 Å². The summed E-state index contributed by atoms with van der Waals surface area (Å²) in [6.07, 6.45) is 2.95. The van der Waals surface area contributed by atoms with E-state index in [0.29, 0.717) is 98.5 Å². The van der Waals surface area contributed by atoms with Crippen LogP contribution in [-0.2, 0) is 27.2 Å². The van der Waals surface area contributed by atoms with E-state index >= 15 is 0 Å². The number of H-pyrrole nitrogens is 2. The number of hydrogen-bond acceptors (Lipinski definition) is 12. The van der Waals surface area contributed by atoms with Gasteiger partial charge in [-0.25, -0.2) is 29.4 Å². The lowest BCUT2D eigenvalue weighted by molar-refractivity contribution is -0.192. The summed E-state index contributed by atoms with van der Waals surface area (Å²) in [6, 6.07) is 24.9. The van der Waals surface area contributed by atoms with Crippen molar-refractivity contribution in [1.82, 2.24) is 35.8 Å². The van der Waals surface area contributed by atoms with Gasteiger partial charge in [-0.05, 0) is 113 Å². The number of hydrogen-bond donors (Lipinski definition) is 8. The number of alkyl halides is 3. The summed E-state index contributed by atoms with van der Waals surface area (Å²) in [4.78, 5) is 43.2. The predicted molar refractivity (Wildman–Crippen MR) is 246 cm³/mol. The van der Waals surface area contributed by atoms with E-state index < -0.39 is 28.9 Å². The minimum atomic E-state index is -5.08. The van der Waals surface area contributed by atoms with Crippen LogP contribution in [-0.4, -0.2) is 76.8 Å². The standard InChI is InChI=1S/C23H27FN6O2.C23H25FN4O3.C2HF3O2/c1-15-4-2-6-18(21(15)24)32-17-8-11-23(12-9-17,22(31)29-25)14-16-5-3-7-19(27-16)28-20-10-13-26-30-20;1-15-4-2-6-18(21(15)24)31-17-8-11-23(12-9-17,22(29)30)14-16-5-3-7-19(26-16)27-20-10-13-25-28-20;3-2(4,5)1(6)7/h2-7,10,13,17H,8-9,11-12,14,25H2,1H3,(H,29,31)(H2,26,27,28,30);2-7,10,13,17H,8-9,11-12,14H2,1H3,(H,29,30)(H2,25,26,27,28);(H,6,7). The first-order valence-electron chi connectivity index (χ1n) is 22.2. The smallest absolute Gasteiger partial charge is 0.487 e. The van der Waals surface area contributed by atoms with Crippen LogP contribution in [0.1, 0.15) is 73.9 Å². The fourth-order valence-electron chi connectivity index (χ4n) is 8.32. The zero-order valence-electron chi connectivity index (χ0n) is 38.2. The van der Waals surface area contributed by atoms with E-state index in [1.54, 1.807) is 74.8 Å². The molecule has 0 atom stereocenters. The Morgan fingerprint density at radius 3 is 1.44 bits per heavy atom. The van der Waals surface area contributed by atoms with E-state index in [9.17, 15) is 36.6 Å². The molecule has 4 heterocycles. The second kappa shape index (κ2) is 23.1. The van der Waals surface area contributed by atoms with Crippen LogP contribution in [0.4, 0.5) is 45.2 Å². The molecular formula is C48H53F5N10O7. The number of halogens is 5. The largest absolute Gasteiger partial charge is 0.490 e. The first-order chi connectivity index (χ1) is 33.4. The fourth-order valence-corrected chi connectivity index (χ4v) is 8.32. The molecule has 4 aromatic heterocycles. The van der Waals surface area contributed by atoms with Gasteiger partial charge in [0.2, 0.25) is 5.91 Å². The van der Waals surface area contributed by atoms with Crippen LogP contribution in [0.5, 0.6) is 11.5 Å². The average molecular weight is 977 g/mol. The van der Waals surface area contributed by atoms with Crippen LogP contribution in [0.2, 0.25) is 0 Å². The number of nitrogens with zero attached hydrogens (tertiary/aromatic N) is 4. The van der Waals surface area contributed by atoms with Gasteiger partial charge in [-0.1, -0.05) is 36.4 Å². The fraction of sp³-hybridized carbons (Fsp3) is 0.354. The number of aromatic amines is 2. The lowest BCUT2D eigenvalue weighted by atomic mass is 9.69. The quantitative estimate of drug-likeness (QED) is 0.0220. The first-order valence-corrected chi connectivity index (χ1v) is 22.2. The highest BCUT2D eigenvalue weighted by atomic mass is 19.4. The number of pyridine rings is 2. The van der Waals surface area contributed by atoms with Gasteiger partial charge in [-0.15, -0.1) is 0 Å². The molecule has 2 fully saturated rings. The maximum atomic E-state index is 14.3. The molecule has 372 valence electrons. The van der Waals surface area contributed by atoms with Gasteiger partial charge in [0, 0.05) is 36.4 Å². The maximum Gasteiger partial charge on any atom is 0.490 e. The number of carboxylic acid groups (broad SMARTS) is 2. The number of aromatic nitrogens is 6. The Bertz CT molecular complexity index is 2670. The number of hydrazine groups is 1. The van der Waals surface area contributed by atoms with Gasteiger partial charge < -0.3 is 30.3 Å². The molecule has 17 nitrogen and oxygen atoms in total. The highest BCUT2D eigenvalue weighted by Gasteiger charge is 2.44. The Morgan fingerprint density at radius 2 is 1.07 bits per heavy atom. The predicted octanol–water partition coefficient (Wildman–Crippen LogP) is 8.80. The summed E-state index contributed by atoms with van der Waals surface area (Å²) >= 11 is 0. The van der Waals surface area contributed by atoms with Crippen molar-refractivity contribution >= 4 is 41.1 Å². The molecule has 9 N–H and O–H groups in total. The van der Waals surface area contributed by atoms with Crippen molar-refractivity contribution < 1.29 is 56.0 Å². The summed E-state index contributed by atoms with van der Waals surface area (Å²) in [5, 5.41) is 36.9. The summed E-state index contributed by atoms with van der Waals surface area (Å²) in [6.45, 7) is 3.41. The van der Waals surface area contributed by atoms with Gasteiger partial charge in [0.25, 0.3) is 0 Å². The minimum absolute atomic E-state index is 0.161. The van der Waals surface area contributed by atoms with Crippen molar-refractivity contribution in [1.29, 1.82) is 0 Å². The number of nitrogens with one attached hydrogen (secondary N) is 5. The van der Waals surface area contributed by atoms with Crippen molar-refractivity contribution in [3.05, 3.63) is 131 Å². The van der Waals surface area contributed by atoms with Crippen LogP contribution in [0, 0.1) is 36.3 Å². The van der Waals surface area contributed by atoms with Gasteiger partial charge in [-0.2, -0.15) is 23.4 Å². The number of ether oxygens (including phenoxy) is 2. The number of carbonyl (C=O) groups excluding carboxylic acids is 1. The molecule has 1 amide bonds. The molecule has 0 bridgehead atoms. The van der Waals surface area contributed by atoms with Gasteiger partial charge in [0.1, 0.15) is 23.3 Å². The first kappa shape index (κ1) is 51.8. The van der Waals surface area contributed by atoms with Crippen LogP contribution < -0.4 is 31.4 Å². The molecule has 22 heteroatoms. The lowest BCUT2D eigenvalue weighted by Crippen LogP contribution is -2.48. The number of amides is 1. The van der Waals surface area contributed by atoms with Crippen molar-refractivity contribution in [2.45, 2.75) is 96.4 Å². The van der Waals surface area contributed by atoms with E-state index in [0.717, 1.165) is 11.5 Å². The molecule has 0 spiro atoms. The van der Waals surface area contributed by atoms with Crippen molar-refractivity contribution in [3.63, 3.8) is 0 Å². The van der Waals surface area contributed by atoms with Crippen LogP contribution in [0.15, 0.2) is 97.3 Å². The Kier molecular flexibility index (Phi) is 17.1. The Hall–Kier alpha value is -7.62. The number of benzene rings is 2. The number of anilines is 4. The van der Waals surface area contributed by atoms with Crippen LogP contribution in [0.3, 0.4) is 0 Å². The summed E-state index contributed by atoms with van der Waals surface area (Å²) in [5.74, 6) is 4.22. The second-order valence-electron chi connectivity index (χ2n) is 17.1. The van der Waals surface area contributed by atoms with E-state index in [1.165, 1.54) is 0 Å². The summed E-state index contributed by atoms with van der Waals surface area (Å²) in [5.41, 5.74) is 3.29. The summed E-state index contributed by atoms with van der Waals surface area (Å²) < 4.78 is 72.1. The molecule has 8 rings (SSSR count). The molecule has 2 aliphatic rings. The molecule has 0 saturated heterocycles. The van der Waals surface area contributed by atoms with E-state index in [4.69, 9.17) is 25.2 Å². The Balaban J connectivity index is 0.000000202. The zero-order chi connectivity index (χ0) is 50.5. The lowest BCUT2D eigenvalue weighted by Gasteiger charge is -2.38. The number of carboxylic acids is 2. The Labute approximate surface area is 398 Å². The van der Waals surface area contributed by atoms with E-state index in [2.05, 4.69) is 46.4 Å². The zero-order valence-corrected chi connectivity index (χ0v) is 38.2. The van der Waals surface area contributed by atoms with Crippen LogP contribution >= 0.6 is 0 Å². The third kappa shape index (κ3) is 13.8. The number of carbonyl (C=O) groups is 3. The van der Waals surface area contributed by atoms with E-state index in [1.807, 2.05) is 36.4 Å². The second-order valence-corrected chi connectivity index (χ2v) is 17.1. The highest BCUT2D eigenvalue weighted by Crippen LogP contribution is 2.42. The number of aliphatic carboxylic acids is 2. The molecule has 0 unspecified atom stereocenters. The molecule has 2 saturated carbocycles. The average Bonchev–Trinajstić information content (AvgIpc) is 4.06. The molecule has 0 aliphatic heterocycles. The molecule has 2 aliphatic carbocycles. The maximum absolute atomic E-state index is 14.3. The van der Waals surface area contributed by atoms with Gasteiger partial charge in [0.05, 0.1) is 35.4 Å². The highest BCUT2D eigenvalue weighted by molar-refractivity contribution is 5.82. The number of aryl methyl sites for hydroxylation is 2. The molecule has 6 aromatic rings. The molecule has 0 radical (unpaired) electrons.